The average Bonchev–Trinajstić information content (AvgIpc) is 2.99. The van der Waals surface area contributed by atoms with Gasteiger partial charge in [-0.1, -0.05) is 18.6 Å². The Morgan fingerprint density at radius 1 is 1.03 bits per heavy atom. The lowest BCUT2D eigenvalue weighted by Crippen LogP contribution is -2.30. The molecule has 0 atom stereocenters. The lowest BCUT2D eigenvalue weighted by atomic mass is 10.1. The molecule has 156 valence electrons. The van der Waals surface area contributed by atoms with E-state index in [1.54, 1.807) is 31.2 Å². The fraction of sp³-hybridized carbons (Fsp3) is 0.318. The highest BCUT2D eigenvalue weighted by atomic mass is 16.5. The molecule has 0 radical (unpaired) electrons. The Morgan fingerprint density at radius 3 is 2.40 bits per heavy atom. The molecule has 0 fully saturated rings. The van der Waals surface area contributed by atoms with Crippen molar-refractivity contribution in [3.05, 3.63) is 59.3 Å². The van der Waals surface area contributed by atoms with Crippen molar-refractivity contribution >= 4 is 29.5 Å². The Hall–Kier alpha value is -3.55. The summed E-state index contributed by atoms with van der Waals surface area (Å²) in [6.07, 6.45) is 3.62. The summed E-state index contributed by atoms with van der Waals surface area (Å²) >= 11 is 0. The first-order chi connectivity index (χ1) is 14.5. The summed E-state index contributed by atoms with van der Waals surface area (Å²) in [5, 5.41) is 2.66. The Bertz CT molecular complexity index is 938. The van der Waals surface area contributed by atoms with Gasteiger partial charge in [-0.2, -0.15) is 0 Å². The van der Waals surface area contributed by atoms with Crippen molar-refractivity contribution in [2.24, 2.45) is 0 Å². The Balaban J connectivity index is 1.40. The van der Waals surface area contributed by atoms with Crippen molar-refractivity contribution in [3.8, 4) is 0 Å². The first-order valence-corrected chi connectivity index (χ1v) is 9.89. The van der Waals surface area contributed by atoms with E-state index >= 15 is 0 Å². The maximum atomic E-state index is 12.3. The molecule has 0 unspecified atom stereocenters. The molecule has 0 saturated carbocycles. The van der Waals surface area contributed by atoms with E-state index in [1.807, 2.05) is 0 Å². The summed E-state index contributed by atoms with van der Waals surface area (Å²) in [5.74, 6) is -0.925. The van der Waals surface area contributed by atoms with Crippen molar-refractivity contribution in [2.45, 2.75) is 32.6 Å². The Kier molecular flexibility index (Phi) is 6.90. The smallest absolute Gasteiger partial charge is 0.338 e. The molecule has 3 amide bonds. The normalized spacial score (nSPS) is 12.6. The van der Waals surface area contributed by atoms with Gasteiger partial charge < -0.3 is 10.1 Å². The van der Waals surface area contributed by atoms with Crippen molar-refractivity contribution in [1.82, 2.24) is 9.88 Å². The number of hydrogen-bond donors (Lipinski definition) is 1. The Labute approximate surface area is 174 Å². The molecule has 1 aliphatic rings. The highest BCUT2D eigenvalue weighted by Crippen LogP contribution is 2.22. The first-order valence-electron chi connectivity index (χ1n) is 9.89. The quantitative estimate of drug-likeness (QED) is 0.388. The minimum absolute atomic E-state index is 0.218. The molecule has 1 aromatic carbocycles. The van der Waals surface area contributed by atoms with Crippen LogP contribution in [0.15, 0.2) is 42.6 Å². The second-order valence-corrected chi connectivity index (χ2v) is 6.82. The molecule has 0 spiro atoms. The van der Waals surface area contributed by atoms with Crippen LogP contribution in [0.1, 0.15) is 63.7 Å². The van der Waals surface area contributed by atoms with E-state index in [0.717, 1.165) is 0 Å². The van der Waals surface area contributed by atoms with E-state index in [1.165, 1.54) is 23.2 Å². The number of ether oxygens (including phenoxy) is 1. The standard InChI is InChI=1S/C22H23N3O5/c1-2-30-22(29)15-11-12-23-18(14-15)24-19(26)10-4-3-7-13-25-20(27)16-8-5-6-9-17(16)21(25)28/h5-6,8-9,11-12,14H,2-4,7,10,13H2,1H3,(H,23,24,26). The summed E-state index contributed by atoms with van der Waals surface area (Å²) in [5.41, 5.74) is 1.21. The summed E-state index contributed by atoms with van der Waals surface area (Å²) in [6.45, 7) is 2.32. The number of carbonyl (C=O) groups is 4. The predicted octanol–water partition coefficient (Wildman–Crippen LogP) is 3.05. The van der Waals surface area contributed by atoms with Gasteiger partial charge in [0.15, 0.2) is 0 Å². The highest BCUT2D eigenvalue weighted by Gasteiger charge is 2.34. The summed E-state index contributed by atoms with van der Waals surface area (Å²) in [4.78, 5) is 53.7. The molecule has 3 rings (SSSR count). The molecular formula is C22H23N3O5. The topological polar surface area (TPSA) is 106 Å². The number of pyridine rings is 1. The number of anilines is 1. The lowest BCUT2D eigenvalue weighted by Gasteiger charge is -2.13. The second-order valence-electron chi connectivity index (χ2n) is 6.82. The highest BCUT2D eigenvalue weighted by molar-refractivity contribution is 6.21. The molecule has 1 aliphatic heterocycles. The third-order valence-electron chi connectivity index (χ3n) is 4.70. The maximum Gasteiger partial charge on any atom is 0.338 e. The number of rotatable bonds is 9. The molecule has 0 bridgehead atoms. The fourth-order valence-corrected chi connectivity index (χ4v) is 3.22. The van der Waals surface area contributed by atoms with Gasteiger partial charge in [0.05, 0.1) is 23.3 Å². The van der Waals surface area contributed by atoms with Crippen LogP contribution >= 0.6 is 0 Å². The van der Waals surface area contributed by atoms with Crippen LogP contribution in [0.25, 0.3) is 0 Å². The van der Waals surface area contributed by atoms with Crippen LogP contribution in [0.5, 0.6) is 0 Å². The van der Waals surface area contributed by atoms with E-state index in [9.17, 15) is 19.2 Å². The van der Waals surface area contributed by atoms with Crippen LogP contribution in [0, 0.1) is 0 Å². The molecule has 8 heteroatoms. The van der Waals surface area contributed by atoms with Gasteiger partial charge in [-0.15, -0.1) is 0 Å². The van der Waals surface area contributed by atoms with Crippen LogP contribution in [-0.4, -0.2) is 46.7 Å². The largest absolute Gasteiger partial charge is 0.462 e. The molecule has 30 heavy (non-hydrogen) atoms. The third kappa shape index (κ3) is 4.89. The van der Waals surface area contributed by atoms with Gasteiger partial charge in [-0.3, -0.25) is 19.3 Å². The van der Waals surface area contributed by atoms with Gasteiger partial charge in [0.25, 0.3) is 11.8 Å². The lowest BCUT2D eigenvalue weighted by molar-refractivity contribution is -0.116. The van der Waals surface area contributed by atoms with Crippen molar-refractivity contribution in [2.75, 3.05) is 18.5 Å². The van der Waals surface area contributed by atoms with Gasteiger partial charge in [0, 0.05) is 19.2 Å². The molecule has 2 heterocycles. The minimum atomic E-state index is -0.469. The number of nitrogens with zero attached hydrogens (tertiary/aromatic N) is 2. The number of imide groups is 1. The maximum absolute atomic E-state index is 12.3. The van der Waals surface area contributed by atoms with Gasteiger partial charge in [-0.25, -0.2) is 9.78 Å². The predicted molar refractivity (Wildman–Crippen MR) is 109 cm³/mol. The number of esters is 1. The van der Waals surface area contributed by atoms with E-state index < -0.39 is 5.97 Å². The van der Waals surface area contributed by atoms with E-state index in [2.05, 4.69) is 10.3 Å². The summed E-state index contributed by atoms with van der Waals surface area (Å²) in [7, 11) is 0. The summed E-state index contributed by atoms with van der Waals surface area (Å²) < 4.78 is 4.93. The molecule has 8 nitrogen and oxygen atoms in total. The van der Waals surface area contributed by atoms with Crippen molar-refractivity contribution in [3.63, 3.8) is 0 Å². The SMILES string of the molecule is CCOC(=O)c1ccnc(NC(=O)CCCCCN2C(=O)c3ccccc3C2=O)c1. The van der Waals surface area contributed by atoms with Crippen molar-refractivity contribution in [1.29, 1.82) is 0 Å². The van der Waals surface area contributed by atoms with Crippen LogP contribution in [0.2, 0.25) is 0 Å². The van der Waals surface area contributed by atoms with Gasteiger partial charge in [0.1, 0.15) is 5.82 Å². The third-order valence-corrected chi connectivity index (χ3v) is 4.70. The van der Waals surface area contributed by atoms with Crippen LogP contribution in [0.4, 0.5) is 5.82 Å². The number of unbranched alkanes of at least 4 members (excludes halogenated alkanes) is 2. The molecule has 1 N–H and O–H groups in total. The van der Waals surface area contributed by atoms with Crippen LogP contribution in [0.3, 0.4) is 0 Å². The first kappa shape index (κ1) is 21.2. The monoisotopic (exact) mass is 409 g/mol. The molecule has 1 aromatic heterocycles. The minimum Gasteiger partial charge on any atom is -0.462 e. The number of amides is 3. The zero-order valence-corrected chi connectivity index (χ0v) is 16.7. The van der Waals surface area contributed by atoms with Crippen LogP contribution < -0.4 is 5.32 Å². The van der Waals surface area contributed by atoms with Crippen molar-refractivity contribution < 1.29 is 23.9 Å². The zero-order valence-electron chi connectivity index (χ0n) is 16.7. The number of fused-ring (bicyclic) bond motifs is 1. The van der Waals surface area contributed by atoms with Gasteiger partial charge in [0.2, 0.25) is 5.91 Å². The fourth-order valence-electron chi connectivity index (χ4n) is 3.22. The molecule has 2 aromatic rings. The number of nitrogens with one attached hydrogen (secondary N) is 1. The van der Waals surface area contributed by atoms with Gasteiger partial charge in [-0.05, 0) is 44.0 Å². The number of hydrogen-bond acceptors (Lipinski definition) is 6. The second kappa shape index (κ2) is 9.78. The number of carbonyl (C=O) groups excluding carboxylic acids is 4. The van der Waals surface area contributed by atoms with Crippen LogP contribution in [-0.2, 0) is 9.53 Å². The van der Waals surface area contributed by atoms with E-state index in [4.69, 9.17) is 4.74 Å². The van der Waals surface area contributed by atoms with E-state index in [-0.39, 0.29) is 36.6 Å². The van der Waals surface area contributed by atoms with Gasteiger partial charge >= 0.3 is 5.97 Å². The molecular weight excluding hydrogens is 386 g/mol. The molecule has 0 saturated heterocycles. The number of benzene rings is 1. The molecule has 0 aliphatic carbocycles. The zero-order chi connectivity index (χ0) is 21.5. The average molecular weight is 409 g/mol. The van der Waals surface area contributed by atoms with E-state index in [0.29, 0.717) is 42.5 Å². The Morgan fingerprint density at radius 2 is 1.73 bits per heavy atom. The number of aromatic nitrogens is 1. The summed E-state index contributed by atoms with van der Waals surface area (Å²) in [6, 6.07) is 9.79.